The van der Waals surface area contributed by atoms with E-state index in [9.17, 15) is 31.5 Å². The molecule has 10 nitrogen and oxygen atoms in total. The molecule has 0 saturated carbocycles. The molecule has 0 unspecified atom stereocenters. The second-order valence-electron chi connectivity index (χ2n) is 9.37. The molecule has 3 aromatic carbocycles. The molecule has 0 aromatic heterocycles. The smallest absolute Gasteiger partial charge is 0.490 e. The molecular formula is C28H30F3N3O7S. The van der Waals surface area contributed by atoms with E-state index in [-0.39, 0.29) is 16.1 Å². The van der Waals surface area contributed by atoms with E-state index in [1.54, 1.807) is 31.4 Å². The Morgan fingerprint density at radius 1 is 0.881 bits per heavy atom. The number of alkyl halides is 3. The van der Waals surface area contributed by atoms with E-state index < -0.39 is 28.1 Å². The molecule has 1 saturated heterocycles. The number of halogens is 3. The van der Waals surface area contributed by atoms with Crippen molar-refractivity contribution in [2.24, 2.45) is 0 Å². The Bertz CT molecular complexity index is 1550. The maximum absolute atomic E-state index is 13.2. The fourth-order valence-corrected chi connectivity index (χ4v) is 5.27. The third kappa shape index (κ3) is 8.06. The summed E-state index contributed by atoms with van der Waals surface area (Å²) in [5, 5.41) is 16.6. The Balaban J connectivity index is 0.000000616. The summed E-state index contributed by atoms with van der Waals surface area (Å²) >= 11 is 0. The number of ether oxygens (including phenoxy) is 1. The Kier molecular flexibility index (Phi) is 9.94. The van der Waals surface area contributed by atoms with Crippen LogP contribution in [-0.2, 0) is 14.8 Å². The number of sulfonamides is 1. The molecule has 1 heterocycles. The Morgan fingerprint density at radius 2 is 1.50 bits per heavy atom. The van der Waals surface area contributed by atoms with Crippen LogP contribution in [0.4, 0.5) is 30.2 Å². The molecule has 0 bridgehead atoms. The zero-order valence-corrected chi connectivity index (χ0v) is 23.8. The largest absolute Gasteiger partial charge is 0.497 e. The maximum Gasteiger partial charge on any atom is 0.490 e. The number of anilines is 3. The van der Waals surface area contributed by atoms with Gasteiger partial charge in [0.1, 0.15) is 5.75 Å². The van der Waals surface area contributed by atoms with Crippen LogP contribution in [0.15, 0.2) is 65.6 Å². The minimum Gasteiger partial charge on any atom is -0.497 e. The van der Waals surface area contributed by atoms with Crippen molar-refractivity contribution < 1.29 is 46.1 Å². The molecule has 42 heavy (non-hydrogen) atoms. The van der Waals surface area contributed by atoms with Crippen LogP contribution >= 0.6 is 0 Å². The van der Waals surface area contributed by atoms with E-state index in [1.807, 2.05) is 38.1 Å². The van der Waals surface area contributed by atoms with Crippen LogP contribution in [0.1, 0.15) is 21.5 Å². The lowest BCUT2D eigenvalue weighted by Gasteiger charge is -2.38. The van der Waals surface area contributed by atoms with E-state index >= 15 is 0 Å². The van der Waals surface area contributed by atoms with Crippen molar-refractivity contribution in [2.75, 3.05) is 47.8 Å². The number of piperazine rings is 1. The minimum absolute atomic E-state index is 0.0153. The van der Waals surface area contributed by atoms with Crippen molar-refractivity contribution in [3.63, 3.8) is 0 Å². The molecule has 3 N–H and O–H groups in total. The van der Waals surface area contributed by atoms with Gasteiger partial charge in [-0.05, 0) is 67.4 Å². The predicted octanol–water partition coefficient (Wildman–Crippen LogP) is 4.77. The van der Waals surface area contributed by atoms with Crippen LogP contribution in [0.25, 0.3) is 0 Å². The summed E-state index contributed by atoms with van der Waals surface area (Å²) in [5.41, 5.74) is 3.82. The zero-order chi connectivity index (χ0) is 31.2. The monoisotopic (exact) mass is 609 g/mol. The van der Waals surface area contributed by atoms with Crippen LogP contribution in [0.5, 0.6) is 5.75 Å². The van der Waals surface area contributed by atoms with Gasteiger partial charge in [0, 0.05) is 37.9 Å². The molecule has 1 aliphatic rings. The van der Waals surface area contributed by atoms with Crippen LogP contribution < -0.4 is 19.3 Å². The average Bonchev–Trinajstić information content (AvgIpc) is 2.94. The molecular weight excluding hydrogens is 579 g/mol. The number of nitrogens with one attached hydrogen (secondary N) is 1. The van der Waals surface area contributed by atoms with Gasteiger partial charge in [-0.2, -0.15) is 13.2 Å². The molecule has 0 spiro atoms. The quantitative estimate of drug-likeness (QED) is 0.346. The minimum atomic E-state index is -5.08. The molecule has 0 amide bonds. The fourth-order valence-electron chi connectivity index (χ4n) is 4.12. The number of carboxylic acids is 2. The summed E-state index contributed by atoms with van der Waals surface area (Å²) in [7, 11) is -2.27. The van der Waals surface area contributed by atoms with Gasteiger partial charge in [0.25, 0.3) is 10.0 Å². The highest BCUT2D eigenvalue weighted by Crippen LogP contribution is 2.32. The number of carbonyl (C=O) groups is 2. The molecule has 1 aliphatic heterocycles. The van der Waals surface area contributed by atoms with E-state index in [1.165, 1.54) is 12.1 Å². The molecule has 226 valence electrons. The van der Waals surface area contributed by atoms with Crippen molar-refractivity contribution in [3.05, 3.63) is 77.4 Å². The van der Waals surface area contributed by atoms with Crippen molar-refractivity contribution in [2.45, 2.75) is 24.9 Å². The van der Waals surface area contributed by atoms with Gasteiger partial charge in [-0.1, -0.05) is 12.1 Å². The maximum atomic E-state index is 13.2. The van der Waals surface area contributed by atoms with Crippen LogP contribution in [0.2, 0.25) is 0 Å². The van der Waals surface area contributed by atoms with Gasteiger partial charge in [0.05, 0.1) is 28.9 Å². The Hall–Kier alpha value is -4.46. The first-order chi connectivity index (χ1) is 19.6. The topological polar surface area (TPSA) is 136 Å². The number of methoxy groups -OCH3 is 1. The van der Waals surface area contributed by atoms with Crippen molar-refractivity contribution in [3.8, 4) is 5.75 Å². The zero-order valence-electron chi connectivity index (χ0n) is 23.0. The first kappa shape index (κ1) is 32.1. The number of nitrogens with zero attached hydrogens (tertiary/aromatic N) is 2. The average molecular weight is 610 g/mol. The van der Waals surface area contributed by atoms with Gasteiger partial charge in [-0.25, -0.2) is 18.0 Å². The van der Waals surface area contributed by atoms with Gasteiger partial charge in [-0.15, -0.1) is 0 Å². The molecule has 0 aliphatic carbocycles. The van der Waals surface area contributed by atoms with Crippen LogP contribution in [0.3, 0.4) is 0 Å². The van der Waals surface area contributed by atoms with Gasteiger partial charge in [-0.3, -0.25) is 4.72 Å². The summed E-state index contributed by atoms with van der Waals surface area (Å²) < 4.78 is 66.1. The highest BCUT2D eigenvalue weighted by atomic mass is 32.2. The normalized spacial score (nSPS) is 13.6. The summed E-state index contributed by atoms with van der Waals surface area (Å²) in [6.07, 6.45) is -5.08. The standard InChI is InChI=1S/C26H29N3O5S.C2HF3O2/c1-18-7-9-23(15-19(18)2)35(32,33)27-24-16-20(26(30)31)8-10-25(24)29-13-11-28(12-14-29)21-5-4-6-22(17-21)34-3;3-2(4,5)1(6)7/h4-10,15-17,27H,11-14H2,1-3H3,(H,30,31);(H,6,7). The molecule has 1 fully saturated rings. The summed E-state index contributed by atoms with van der Waals surface area (Å²) in [5.74, 6) is -3.09. The number of rotatable bonds is 7. The van der Waals surface area contributed by atoms with E-state index in [0.717, 1.165) is 35.7 Å². The first-order valence-electron chi connectivity index (χ1n) is 12.5. The first-order valence-corrected chi connectivity index (χ1v) is 14.0. The third-order valence-corrected chi connectivity index (χ3v) is 7.92. The fraction of sp³-hybridized carbons (Fsp3) is 0.286. The molecule has 0 radical (unpaired) electrons. The van der Waals surface area contributed by atoms with Crippen molar-refractivity contribution >= 4 is 39.0 Å². The Labute approximate surface area is 241 Å². The Morgan fingerprint density at radius 3 is 2.05 bits per heavy atom. The van der Waals surface area contributed by atoms with Crippen LogP contribution in [-0.4, -0.2) is 70.0 Å². The van der Waals surface area contributed by atoms with Gasteiger partial charge in [0.15, 0.2) is 0 Å². The number of aromatic carboxylic acids is 1. The molecule has 0 atom stereocenters. The second kappa shape index (κ2) is 13.0. The molecule has 14 heteroatoms. The van der Waals surface area contributed by atoms with E-state index in [4.69, 9.17) is 14.6 Å². The van der Waals surface area contributed by atoms with E-state index in [0.29, 0.717) is 18.8 Å². The molecule has 3 aromatic rings. The third-order valence-electron chi connectivity index (χ3n) is 6.56. The van der Waals surface area contributed by atoms with Crippen molar-refractivity contribution in [1.29, 1.82) is 0 Å². The van der Waals surface area contributed by atoms with E-state index in [2.05, 4.69) is 14.5 Å². The SMILES string of the molecule is COc1cccc(N2CCN(c3ccc(C(=O)O)cc3NS(=O)(=O)c3ccc(C)c(C)c3)CC2)c1.O=C(O)C(F)(F)F. The van der Waals surface area contributed by atoms with Crippen molar-refractivity contribution in [1.82, 2.24) is 0 Å². The van der Waals surface area contributed by atoms with Gasteiger partial charge < -0.3 is 24.7 Å². The summed E-state index contributed by atoms with van der Waals surface area (Å²) in [6.45, 7) is 6.49. The summed E-state index contributed by atoms with van der Waals surface area (Å²) in [6, 6.07) is 17.3. The number of hydrogen-bond acceptors (Lipinski definition) is 7. The number of benzene rings is 3. The lowest BCUT2D eigenvalue weighted by molar-refractivity contribution is -0.192. The van der Waals surface area contributed by atoms with Crippen LogP contribution in [0, 0.1) is 13.8 Å². The number of aliphatic carboxylic acids is 1. The van der Waals surface area contributed by atoms with Gasteiger partial charge in [0.2, 0.25) is 0 Å². The highest BCUT2D eigenvalue weighted by molar-refractivity contribution is 7.92. The lowest BCUT2D eigenvalue weighted by Crippen LogP contribution is -2.46. The highest BCUT2D eigenvalue weighted by Gasteiger charge is 2.38. The number of hydrogen-bond donors (Lipinski definition) is 3. The number of carboxylic acid groups (broad SMARTS) is 2. The predicted molar refractivity (Wildman–Crippen MR) is 151 cm³/mol. The number of aryl methyl sites for hydroxylation is 2. The second-order valence-corrected chi connectivity index (χ2v) is 11.0. The summed E-state index contributed by atoms with van der Waals surface area (Å²) in [4.78, 5) is 24.9. The van der Waals surface area contributed by atoms with Gasteiger partial charge >= 0.3 is 18.1 Å². The lowest BCUT2D eigenvalue weighted by atomic mass is 10.1. The molecule has 4 rings (SSSR count).